The lowest BCUT2D eigenvalue weighted by Gasteiger charge is -2.17. The van der Waals surface area contributed by atoms with Gasteiger partial charge in [-0.15, -0.1) is 0 Å². The standard InChI is InChI=1S/C16H21NO2/c1-19-16(18)14-4-2-11(3-5-14)10-17-15(12-6-7-12)13-8-9-13/h2-5,12-13,15,17H,6-10H2,1H3. The van der Waals surface area contributed by atoms with E-state index in [4.69, 9.17) is 4.74 Å². The van der Waals surface area contributed by atoms with Crippen molar-refractivity contribution in [2.24, 2.45) is 11.8 Å². The first-order chi connectivity index (χ1) is 9.28. The van der Waals surface area contributed by atoms with Crippen molar-refractivity contribution in [3.05, 3.63) is 35.4 Å². The van der Waals surface area contributed by atoms with Crippen LogP contribution in [0.3, 0.4) is 0 Å². The lowest BCUT2D eigenvalue weighted by molar-refractivity contribution is 0.0600. The van der Waals surface area contributed by atoms with Gasteiger partial charge in [-0.2, -0.15) is 0 Å². The zero-order chi connectivity index (χ0) is 13.2. The van der Waals surface area contributed by atoms with Crippen molar-refractivity contribution in [2.45, 2.75) is 38.3 Å². The average Bonchev–Trinajstić information content (AvgIpc) is 3.31. The highest BCUT2D eigenvalue weighted by Crippen LogP contribution is 2.44. The van der Waals surface area contributed by atoms with E-state index in [0.717, 1.165) is 24.4 Å². The minimum atomic E-state index is -0.270. The van der Waals surface area contributed by atoms with Crippen LogP contribution in [0.1, 0.15) is 41.6 Å². The number of rotatable bonds is 6. The summed E-state index contributed by atoms with van der Waals surface area (Å²) in [4.78, 5) is 11.3. The molecule has 0 spiro atoms. The minimum Gasteiger partial charge on any atom is -0.465 e. The fourth-order valence-corrected chi connectivity index (χ4v) is 2.74. The SMILES string of the molecule is COC(=O)c1ccc(CNC(C2CC2)C2CC2)cc1. The maximum absolute atomic E-state index is 11.3. The molecule has 2 aliphatic carbocycles. The van der Waals surface area contributed by atoms with Gasteiger partial charge in [0.15, 0.2) is 0 Å². The molecule has 1 N–H and O–H groups in total. The highest BCUT2D eigenvalue weighted by molar-refractivity contribution is 5.89. The Hall–Kier alpha value is -1.35. The van der Waals surface area contributed by atoms with Crippen molar-refractivity contribution in [3.8, 4) is 0 Å². The summed E-state index contributed by atoms with van der Waals surface area (Å²) in [5.41, 5.74) is 1.85. The molecule has 3 rings (SSSR count). The predicted octanol–water partition coefficient (Wildman–Crippen LogP) is 2.75. The fourth-order valence-electron chi connectivity index (χ4n) is 2.74. The highest BCUT2D eigenvalue weighted by Gasteiger charge is 2.40. The number of hydrogen-bond acceptors (Lipinski definition) is 3. The average molecular weight is 259 g/mol. The van der Waals surface area contributed by atoms with Gasteiger partial charge in [-0.1, -0.05) is 12.1 Å². The minimum absolute atomic E-state index is 0.270. The van der Waals surface area contributed by atoms with Crippen molar-refractivity contribution < 1.29 is 9.53 Å². The molecule has 3 heteroatoms. The van der Waals surface area contributed by atoms with Gasteiger partial charge >= 0.3 is 5.97 Å². The quantitative estimate of drug-likeness (QED) is 0.798. The molecule has 2 saturated carbocycles. The lowest BCUT2D eigenvalue weighted by Crippen LogP contribution is -2.32. The summed E-state index contributed by atoms with van der Waals surface area (Å²) in [6, 6.07) is 8.42. The Bertz CT molecular complexity index is 434. The molecule has 102 valence electrons. The molecule has 0 unspecified atom stereocenters. The number of methoxy groups -OCH3 is 1. The Kier molecular flexibility index (Phi) is 3.56. The second-order valence-electron chi connectivity index (χ2n) is 5.77. The number of carbonyl (C=O) groups excluding carboxylic acids is 1. The van der Waals surface area contributed by atoms with Gasteiger partial charge in [0.25, 0.3) is 0 Å². The Morgan fingerprint density at radius 1 is 1.21 bits per heavy atom. The van der Waals surface area contributed by atoms with Crippen molar-refractivity contribution in [1.29, 1.82) is 0 Å². The second-order valence-corrected chi connectivity index (χ2v) is 5.77. The van der Waals surface area contributed by atoms with Gasteiger partial charge < -0.3 is 10.1 Å². The second kappa shape index (κ2) is 5.33. The van der Waals surface area contributed by atoms with Crippen LogP contribution < -0.4 is 5.32 Å². The number of nitrogens with one attached hydrogen (secondary N) is 1. The van der Waals surface area contributed by atoms with Crippen LogP contribution in [0.2, 0.25) is 0 Å². The van der Waals surface area contributed by atoms with E-state index < -0.39 is 0 Å². The molecule has 2 fully saturated rings. The summed E-state index contributed by atoms with van der Waals surface area (Å²) >= 11 is 0. The summed E-state index contributed by atoms with van der Waals surface area (Å²) < 4.78 is 4.70. The molecule has 0 aromatic heterocycles. The zero-order valence-electron chi connectivity index (χ0n) is 11.4. The molecule has 0 bridgehead atoms. The molecule has 0 radical (unpaired) electrons. The van der Waals surface area contributed by atoms with Crippen LogP contribution in [0.25, 0.3) is 0 Å². The summed E-state index contributed by atoms with van der Waals surface area (Å²) in [6.07, 6.45) is 5.59. The molecule has 1 aromatic rings. The van der Waals surface area contributed by atoms with Crippen LogP contribution in [0.15, 0.2) is 24.3 Å². The Balaban J connectivity index is 1.55. The Morgan fingerprint density at radius 3 is 2.26 bits per heavy atom. The maximum Gasteiger partial charge on any atom is 0.337 e. The van der Waals surface area contributed by atoms with Crippen molar-refractivity contribution >= 4 is 5.97 Å². The third-order valence-electron chi connectivity index (χ3n) is 4.18. The first-order valence-corrected chi connectivity index (χ1v) is 7.18. The molecule has 0 aliphatic heterocycles. The van der Waals surface area contributed by atoms with E-state index >= 15 is 0 Å². The molecule has 19 heavy (non-hydrogen) atoms. The molecule has 2 aliphatic rings. The molecular formula is C16H21NO2. The van der Waals surface area contributed by atoms with Gasteiger partial charge in [-0.25, -0.2) is 4.79 Å². The lowest BCUT2D eigenvalue weighted by atomic mass is 10.1. The van der Waals surface area contributed by atoms with Gasteiger partial charge in [-0.3, -0.25) is 0 Å². The zero-order valence-corrected chi connectivity index (χ0v) is 11.4. The van der Waals surface area contributed by atoms with E-state index in [-0.39, 0.29) is 5.97 Å². The van der Waals surface area contributed by atoms with Crippen molar-refractivity contribution in [3.63, 3.8) is 0 Å². The first kappa shape index (κ1) is 12.7. The van der Waals surface area contributed by atoms with Gasteiger partial charge in [0, 0.05) is 12.6 Å². The predicted molar refractivity (Wildman–Crippen MR) is 73.9 cm³/mol. The molecule has 1 aromatic carbocycles. The van der Waals surface area contributed by atoms with Crippen LogP contribution in [0.5, 0.6) is 0 Å². The van der Waals surface area contributed by atoms with E-state index in [1.165, 1.54) is 38.4 Å². The smallest absolute Gasteiger partial charge is 0.337 e. The molecule has 0 saturated heterocycles. The van der Waals surface area contributed by atoms with Gasteiger partial charge in [0.1, 0.15) is 0 Å². The van der Waals surface area contributed by atoms with Crippen molar-refractivity contribution in [1.82, 2.24) is 5.32 Å². The van der Waals surface area contributed by atoms with E-state index in [9.17, 15) is 4.79 Å². The number of carbonyl (C=O) groups is 1. The van der Waals surface area contributed by atoms with E-state index in [2.05, 4.69) is 5.32 Å². The van der Waals surface area contributed by atoms with E-state index in [1.54, 1.807) is 0 Å². The summed E-state index contributed by atoms with van der Waals surface area (Å²) in [6.45, 7) is 0.902. The van der Waals surface area contributed by atoms with Crippen LogP contribution in [0.4, 0.5) is 0 Å². The van der Waals surface area contributed by atoms with Crippen molar-refractivity contribution in [2.75, 3.05) is 7.11 Å². The molecule has 0 atom stereocenters. The Labute approximate surface area is 114 Å². The van der Waals surface area contributed by atoms with Gasteiger partial charge in [-0.05, 0) is 55.2 Å². The van der Waals surface area contributed by atoms with E-state index in [1.807, 2.05) is 24.3 Å². The summed E-state index contributed by atoms with van der Waals surface area (Å²) in [5.74, 6) is 1.57. The maximum atomic E-state index is 11.3. The van der Waals surface area contributed by atoms with Gasteiger partial charge in [0.05, 0.1) is 12.7 Å². The highest BCUT2D eigenvalue weighted by atomic mass is 16.5. The molecule has 3 nitrogen and oxygen atoms in total. The van der Waals surface area contributed by atoms with Crippen LogP contribution >= 0.6 is 0 Å². The summed E-state index contributed by atoms with van der Waals surface area (Å²) in [7, 11) is 1.41. The van der Waals surface area contributed by atoms with Crippen LogP contribution in [-0.4, -0.2) is 19.1 Å². The number of hydrogen-bond donors (Lipinski definition) is 1. The summed E-state index contributed by atoms with van der Waals surface area (Å²) in [5, 5.41) is 3.71. The molecular weight excluding hydrogens is 238 g/mol. The van der Waals surface area contributed by atoms with Crippen LogP contribution in [0, 0.1) is 11.8 Å². The van der Waals surface area contributed by atoms with E-state index in [0.29, 0.717) is 5.56 Å². The van der Waals surface area contributed by atoms with Gasteiger partial charge in [0.2, 0.25) is 0 Å². The number of ether oxygens (including phenoxy) is 1. The number of esters is 1. The first-order valence-electron chi connectivity index (χ1n) is 7.18. The molecule has 0 heterocycles. The fraction of sp³-hybridized carbons (Fsp3) is 0.562. The molecule has 0 amide bonds. The normalized spacial score (nSPS) is 18.6. The largest absolute Gasteiger partial charge is 0.465 e. The topological polar surface area (TPSA) is 38.3 Å². The third kappa shape index (κ3) is 3.16. The third-order valence-corrected chi connectivity index (χ3v) is 4.18. The van der Waals surface area contributed by atoms with Crippen LogP contribution in [-0.2, 0) is 11.3 Å². The Morgan fingerprint density at radius 2 is 1.79 bits per heavy atom. The number of benzene rings is 1. The monoisotopic (exact) mass is 259 g/mol.